The number of carbonyl (C=O) groups excluding carboxylic acids is 2. The highest BCUT2D eigenvalue weighted by Gasteiger charge is 2.44. The van der Waals surface area contributed by atoms with Crippen LogP contribution in [-0.4, -0.2) is 84.5 Å². The number of aliphatic hydroxyl groups is 3. The number of halogens is 3. The topological polar surface area (TPSA) is 198 Å². The van der Waals surface area contributed by atoms with Gasteiger partial charge in [-0.05, 0) is 48.2 Å². The van der Waals surface area contributed by atoms with Crippen LogP contribution < -0.4 is 16.4 Å². The molecule has 17 heteroatoms. The zero-order valence-corrected chi connectivity index (χ0v) is 32.4. The lowest BCUT2D eigenvalue weighted by Gasteiger charge is -2.16. The first-order valence-electron chi connectivity index (χ1n) is 19.1. The summed E-state index contributed by atoms with van der Waals surface area (Å²) in [5.74, 6) is -0.144. The van der Waals surface area contributed by atoms with Crippen LogP contribution in [-0.2, 0) is 10.9 Å². The molecular weight excluding hydrogens is 788 g/mol. The third-order valence-corrected chi connectivity index (χ3v) is 11.2. The molecule has 4 atom stereocenters. The number of ketones is 1. The number of fused-ring (bicyclic) bond motifs is 1. The van der Waals surface area contributed by atoms with Crippen LogP contribution >= 0.6 is 11.3 Å². The summed E-state index contributed by atoms with van der Waals surface area (Å²) < 4.78 is 48.4. The highest BCUT2D eigenvalue weighted by Crippen LogP contribution is 2.46. The number of thiophene rings is 1. The standard InChI is InChI=1S/C42H42F3N7O6S/c43-42(44,45)28-13-9-12-27(20-28)30-31(33(54)24-10-5-4-6-11-24)37(46)59-36(30)25-14-16-26(17-15-25)40(57)48-19-8-3-1-2-7-18-47-38-32-39(50-22-49-38)52(23-51-32)41-35(56)34(55)29(21-53)58-41/h4-6,9-17,20,22-23,29,34-35,41,53,55-56H,1-3,7-8,18-19,21,46H2,(H,48,57)(H,47,49,50)/t29-,34-,35-,41-/m1/s1. The number of nitrogens with two attached hydrogens (primary N) is 1. The van der Waals surface area contributed by atoms with Crippen molar-refractivity contribution >= 4 is 45.0 Å². The van der Waals surface area contributed by atoms with Gasteiger partial charge in [0.2, 0.25) is 0 Å². The van der Waals surface area contributed by atoms with Gasteiger partial charge in [0, 0.05) is 34.7 Å². The van der Waals surface area contributed by atoms with Gasteiger partial charge in [0.25, 0.3) is 5.91 Å². The van der Waals surface area contributed by atoms with Gasteiger partial charge >= 0.3 is 6.18 Å². The quantitative estimate of drug-likeness (QED) is 0.0463. The summed E-state index contributed by atoms with van der Waals surface area (Å²) >= 11 is 1.11. The summed E-state index contributed by atoms with van der Waals surface area (Å²) in [6, 6.07) is 19.9. The Morgan fingerprint density at radius 3 is 2.29 bits per heavy atom. The van der Waals surface area contributed by atoms with Crippen molar-refractivity contribution < 1.29 is 42.8 Å². The van der Waals surface area contributed by atoms with Gasteiger partial charge in [-0.2, -0.15) is 13.2 Å². The van der Waals surface area contributed by atoms with Crippen LogP contribution in [0.15, 0.2) is 91.5 Å². The van der Waals surface area contributed by atoms with E-state index >= 15 is 0 Å². The molecule has 1 amide bonds. The Morgan fingerprint density at radius 2 is 1.58 bits per heavy atom. The minimum atomic E-state index is -4.59. The van der Waals surface area contributed by atoms with E-state index in [0.29, 0.717) is 57.2 Å². The Balaban J connectivity index is 0.906. The predicted octanol–water partition coefficient (Wildman–Crippen LogP) is 6.46. The number of rotatable bonds is 16. The lowest BCUT2D eigenvalue weighted by atomic mass is 9.92. The molecule has 0 unspecified atom stereocenters. The van der Waals surface area contributed by atoms with Gasteiger partial charge in [0.05, 0.1) is 29.1 Å². The lowest BCUT2D eigenvalue weighted by Crippen LogP contribution is -2.33. The average Bonchev–Trinajstić information content (AvgIpc) is 3.92. The molecule has 0 aliphatic carbocycles. The number of benzene rings is 3. The number of imidazole rings is 1. The van der Waals surface area contributed by atoms with Gasteiger partial charge in [-0.15, -0.1) is 11.3 Å². The van der Waals surface area contributed by atoms with Gasteiger partial charge < -0.3 is 36.4 Å². The second-order valence-electron chi connectivity index (χ2n) is 14.1. The number of nitrogen functional groups attached to an aromatic ring is 1. The highest BCUT2D eigenvalue weighted by atomic mass is 32.1. The zero-order chi connectivity index (χ0) is 41.7. The molecule has 59 heavy (non-hydrogen) atoms. The highest BCUT2D eigenvalue weighted by molar-refractivity contribution is 7.20. The maximum absolute atomic E-state index is 13.8. The minimum absolute atomic E-state index is 0.128. The number of aliphatic hydroxyl groups excluding tert-OH is 3. The molecule has 3 aromatic carbocycles. The molecular formula is C42H42F3N7O6S. The van der Waals surface area contributed by atoms with E-state index in [1.165, 1.54) is 29.4 Å². The summed E-state index contributed by atoms with van der Waals surface area (Å²) in [4.78, 5) is 40.2. The van der Waals surface area contributed by atoms with Crippen LogP contribution in [0.5, 0.6) is 0 Å². The number of nitrogens with one attached hydrogen (secondary N) is 2. The second kappa shape index (κ2) is 18.0. The van der Waals surface area contributed by atoms with E-state index in [9.17, 15) is 38.1 Å². The van der Waals surface area contributed by atoms with Crippen LogP contribution in [0, 0.1) is 0 Å². The Morgan fingerprint density at radius 1 is 0.847 bits per heavy atom. The monoisotopic (exact) mass is 829 g/mol. The molecule has 13 nitrogen and oxygen atoms in total. The van der Waals surface area contributed by atoms with Crippen molar-refractivity contribution in [2.75, 3.05) is 30.7 Å². The number of hydrogen-bond acceptors (Lipinski definition) is 12. The molecule has 0 saturated carbocycles. The molecule has 1 fully saturated rings. The van der Waals surface area contributed by atoms with Crippen molar-refractivity contribution in [3.05, 3.63) is 114 Å². The number of amides is 1. The van der Waals surface area contributed by atoms with E-state index in [2.05, 4.69) is 25.6 Å². The van der Waals surface area contributed by atoms with Crippen LogP contribution in [0.25, 0.3) is 32.7 Å². The van der Waals surface area contributed by atoms with Crippen LogP contribution in [0.2, 0.25) is 0 Å². The Hall–Kier alpha value is -5.72. The van der Waals surface area contributed by atoms with Crippen molar-refractivity contribution in [3.63, 3.8) is 0 Å². The molecule has 1 saturated heterocycles. The van der Waals surface area contributed by atoms with Crippen molar-refractivity contribution in [2.24, 2.45) is 0 Å². The lowest BCUT2D eigenvalue weighted by molar-refractivity contribution is -0.137. The fraction of sp³-hybridized carbons (Fsp3) is 0.310. The van der Waals surface area contributed by atoms with E-state index in [1.807, 2.05) is 0 Å². The number of anilines is 2. The molecule has 7 rings (SSSR count). The molecule has 3 aromatic heterocycles. The number of alkyl halides is 3. The molecule has 7 N–H and O–H groups in total. The van der Waals surface area contributed by atoms with Gasteiger partial charge in [-0.1, -0.05) is 73.9 Å². The SMILES string of the molecule is Nc1sc(-c2ccc(C(=O)NCCCCCCCNc3ncnc4c3ncn4[C@@H]3O[C@H](CO)[C@@H](O)[C@H]3O)cc2)c(-c2cccc(C(F)(F)F)c2)c1C(=O)c1ccccc1. The van der Waals surface area contributed by atoms with Crippen LogP contribution in [0.4, 0.5) is 24.0 Å². The average molecular weight is 830 g/mol. The van der Waals surface area contributed by atoms with Gasteiger partial charge in [-0.3, -0.25) is 14.2 Å². The first kappa shape index (κ1) is 41.4. The summed E-state index contributed by atoms with van der Waals surface area (Å²) in [6.45, 7) is 0.664. The number of hydrogen-bond donors (Lipinski definition) is 6. The molecule has 6 aromatic rings. The number of unbranched alkanes of at least 4 members (excludes halogenated alkanes) is 4. The van der Waals surface area contributed by atoms with E-state index in [-0.39, 0.29) is 22.0 Å². The van der Waals surface area contributed by atoms with Gasteiger partial charge in [0.1, 0.15) is 24.6 Å². The zero-order valence-electron chi connectivity index (χ0n) is 31.6. The van der Waals surface area contributed by atoms with Gasteiger partial charge in [-0.25, -0.2) is 15.0 Å². The summed E-state index contributed by atoms with van der Waals surface area (Å²) in [6.07, 6.45) is -1.74. The van der Waals surface area contributed by atoms with E-state index in [4.69, 9.17) is 10.5 Å². The summed E-state index contributed by atoms with van der Waals surface area (Å²) in [5.41, 5.74) is 8.47. The van der Waals surface area contributed by atoms with E-state index < -0.39 is 48.7 Å². The maximum atomic E-state index is 13.8. The predicted molar refractivity (Wildman–Crippen MR) is 217 cm³/mol. The summed E-state index contributed by atoms with van der Waals surface area (Å²) in [5, 5.41) is 36.4. The van der Waals surface area contributed by atoms with Crippen molar-refractivity contribution in [2.45, 2.75) is 62.8 Å². The number of nitrogens with zero attached hydrogens (tertiary/aromatic N) is 4. The molecule has 4 heterocycles. The Bertz CT molecular complexity index is 2410. The molecule has 0 spiro atoms. The first-order valence-corrected chi connectivity index (χ1v) is 19.9. The van der Waals surface area contributed by atoms with Gasteiger partial charge in [0.15, 0.2) is 29.0 Å². The molecule has 1 aliphatic heterocycles. The molecule has 0 bridgehead atoms. The first-order chi connectivity index (χ1) is 28.5. The minimum Gasteiger partial charge on any atom is -0.394 e. The van der Waals surface area contributed by atoms with E-state index in [0.717, 1.165) is 55.6 Å². The fourth-order valence-corrected chi connectivity index (χ4v) is 8.17. The number of ether oxygens (including phenoxy) is 1. The number of aromatic nitrogens is 4. The third kappa shape index (κ3) is 8.99. The molecule has 308 valence electrons. The Labute approximate surface area is 340 Å². The summed E-state index contributed by atoms with van der Waals surface area (Å²) in [7, 11) is 0. The molecule has 0 radical (unpaired) electrons. The number of carbonyl (C=O) groups is 2. The smallest absolute Gasteiger partial charge is 0.394 e. The second-order valence-corrected chi connectivity index (χ2v) is 15.2. The van der Waals surface area contributed by atoms with Crippen molar-refractivity contribution in [1.82, 2.24) is 24.8 Å². The maximum Gasteiger partial charge on any atom is 0.416 e. The van der Waals surface area contributed by atoms with E-state index in [1.54, 1.807) is 54.6 Å². The van der Waals surface area contributed by atoms with Crippen LogP contribution in [0.1, 0.15) is 70.2 Å². The molecule has 1 aliphatic rings. The Kier molecular flexibility index (Phi) is 12.7. The normalized spacial score (nSPS) is 18.0. The van der Waals surface area contributed by atoms with Crippen molar-refractivity contribution in [1.29, 1.82) is 0 Å². The third-order valence-electron chi connectivity index (χ3n) is 10.2. The largest absolute Gasteiger partial charge is 0.416 e. The van der Waals surface area contributed by atoms with Crippen molar-refractivity contribution in [3.8, 4) is 21.6 Å². The fourth-order valence-electron chi connectivity index (χ4n) is 7.08. The van der Waals surface area contributed by atoms with Crippen LogP contribution in [0.3, 0.4) is 0 Å².